The van der Waals surface area contributed by atoms with Crippen molar-refractivity contribution >= 4 is 5.91 Å². The van der Waals surface area contributed by atoms with Crippen LogP contribution in [0.15, 0.2) is 24.3 Å². The SMILES string of the molecule is COCCOc1ccc(C(=O)NC(CN)C2CCCCC2)cc1. The van der Waals surface area contributed by atoms with Crippen molar-refractivity contribution in [2.75, 3.05) is 26.9 Å². The van der Waals surface area contributed by atoms with E-state index in [4.69, 9.17) is 15.2 Å². The van der Waals surface area contributed by atoms with Crippen molar-refractivity contribution in [1.82, 2.24) is 5.32 Å². The number of nitrogens with two attached hydrogens (primary N) is 1. The second kappa shape index (κ2) is 9.53. The Labute approximate surface area is 138 Å². The Bertz CT molecular complexity index is 470. The first kappa shape index (κ1) is 17.8. The van der Waals surface area contributed by atoms with Gasteiger partial charge in [-0.15, -0.1) is 0 Å². The molecular formula is C18H28N2O3. The molecule has 1 saturated carbocycles. The summed E-state index contributed by atoms with van der Waals surface area (Å²) >= 11 is 0. The number of carbonyl (C=O) groups is 1. The standard InChI is InChI=1S/C18H28N2O3/c1-22-11-12-23-16-9-7-15(8-10-16)18(21)20-17(13-19)14-5-3-2-4-6-14/h7-10,14,17H,2-6,11-13,19H2,1H3,(H,20,21). The van der Waals surface area contributed by atoms with Crippen LogP contribution in [-0.2, 0) is 4.74 Å². The van der Waals surface area contributed by atoms with Crippen LogP contribution in [0.25, 0.3) is 0 Å². The Hall–Kier alpha value is -1.59. The van der Waals surface area contributed by atoms with Gasteiger partial charge < -0.3 is 20.5 Å². The van der Waals surface area contributed by atoms with Crippen LogP contribution >= 0.6 is 0 Å². The van der Waals surface area contributed by atoms with Crippen molar-refractivity contribution < 1.29 is 14.3 Å². The van der Waals surface area contributed by atoms with Crippen molar-refractivity contribution in [3.05, 3.63) is 29.8 Å². The lowest BCUT2D eigenvalue weighted by molar-refractivity contribution is 0.0915. The van der Waals surface area contributed by atoms with Gasteiger partial charge in [0.2, 0.25) is 0 Å². The summed E-state index contributed by atoms with van der Waals surface area (Å²) in [7, 11) is 1.64. The fourth-order valence-electron chi connectivity index (χ4n) is 3.10. The summed E-state index contributed by atoms with van der Waals surface area (Å²) in [6.07, 6.45) is 6.10. The second-order valence-electron chi connectivity index (χ2n) is 6.08. The van der Waals surface area contributed by atoms with Crippen LogP contribution in [-0.4, -0.2) is 38.8 Å². The molecule has 1 unspecified atom stereocenters. The number of methoxy groups -OCH3 is 1. The number of ether oxygens (including phenoxy) is 2. The van der Waals surface area contributed by atoms with E-state index in [2.05, 4.69) is 5.32 Å². The normalized spacial score (nSPS) is 16.8. The molecule has 0 radical (unpaired) electrons. The molecule has 1 aromatic carbocycles. The van der Waals surface area contributed by atoms with Gasteiger partial charge in [0.05, 0.1) is 6.61 Å². The second-order valence-corrected chi connectivity index (χ2v) is 6.08. The maximum atomic E-state index is 12.4. The van der Waals surface area contributed by atoms with Gasteiger partial charge >= 0.3 is 0 Å². The highest BCUT2D eigenvalue weighted by Crippen LogP contribution is 2.26. The zero-order valence-electron chi connectivity index (χ0n) is 13.9. The average Bonchev–Trinajstić information content (AvgIpc) is 2.61. The average molecular weight is 320 g/mol. The Kier molecular flexibility index (Phi) is 7.36. The third-order valence-electron chi connectivity index (χ3n) is 4.46. The fraction of sp³-hybridized carbons (Fsp3) is 0.611. The predicted octanol–water partition coefficient (Wildman–Crippen LogP) is 2.35. The zero-order valence-corrected chi connectivity index (χ0v) is 13.9. The van der Waals surface area contributed by atoms with E-state index in [1.807, 2.05) is 12.1 Å². The van der Waals surface area contributed by atoms with E-state index in [-0.39, 0.29) is 11.9 Å². The molecule has 0 spiro atoms. The highest BCUT2D eigenvalue weighted by atomic mass is 16.5. The van der Waals surface area contributed by atoms with Crippen LogP contribution in [0, 0.1) is 5.92 Å². The molecule has 0 saturated heterocycles. The maximum absolute atomic E-state index is 12.4. The van der Waals surface area contributed by atoms with Crippen molar-refractivity contribution in [3.8, 4) is 5.75 Å². The number of hydrogen-bond donors (Lipinski definition) is 2. The molecule has 5 heteroatoms. The first-order valence-electron chi connectivity index (χ1n) is 8.47. The van der Waals surface area contributed by atoms with Crippen LogP contribution in [0.1, 0.15) is 42.5 Å². The first-order chi connectivity index (χ1) is 11.2. The molecule has 128 valence electrons. The molecule has 1 aliphatic carbocycles. The van der Waals surface area contributed by atoms with Gasteiger partial charge in [-0.2, -0.15) is 0 Å². The molecule has 1 amide bonds. The van der Waals surface area contributed by atoms with E-state index in [1.54, 1.807) is 19.2 Å². The third-order valence-corrected chi connectivity index (χ3v) is 4.46. The molecule has 1 aromatic rings. The van der Waals surface area contributed by atoms with Crippen molar-refractivity contribution in [3.63, 3.8) is 0 Å². The fourth-order valence-corrected chi connectivity index (χ4v) is 3.10. The topological polar surface area (TPSA) is 73.6 Å². The predicted molar refractivity (Wildman–Crippen MR) is 90.7 cm³/mol. The number of rotatable bonds is 8. The monoisotopic (exact) mass is 320 g/mol. The minimum atomic E-state index is -0.0607. The molecule has 0 aromatic heterocycles. The van der Waals surface area contributed by atoms with E-state index in [9.17, 15) is 4.79 Å². The molecule has 1 atom stereocenters. The van der Waals surface area contributed by atoms with Gasteiger partial charge in [-0.25, -0.2) is 0 Å². The number of hydrogen-bond acceptors (Lipinski definition) is 4. The Balaban J connectivity index is 1.88. The summed E-state index contributed by atoms with van der Waals surface area (Å²) in [6, 6.07) is 7.25. The maximum Gasteiger partial charge on any atom is 0.251 e. The highest BCUT2D eigenvalue weighted by molar-refractivity contribution is 5.94. The van der Waals surface area contributed by atoms with Crippen molar-refractivity contribution in [1.29, 1.82) is 0 Å². The van der Waals surface area contributed by atoms with Crippen LogP contribution < -0.4 is 15.8 Å². The summed E-state index contributed by atoms with van der Waals surface area (Å²) in [4.78, 5) is 12.4. The number of benzene rings is 1. The zero-order chi connectivity index (χ0) is 16.5. The highest BCUT2D eigenvalue weighted by Gasteiger charge is 2.24. The van der Waals surface area contributed by atoms with Gasteiger partial charge in [-0.3, -0.25) is 4.79 Å². The molecule has 1 aliphatic rings. The van der Waals surface area contributed by atoms with E-state index < -0.39 is 0 Å². The van der Waals surface area contributed by atoms with E-state index in [1.165, 1.54) is 19.3 Å². The lowest BCUT2D eigenvalue weighted by Crippen LogP contribution is -2.45. The molecule has 0 bridgehead atoms. The summed E-state index contributed by atoms with van der Waals surface area (Å²) in [6.45, 7) is 1.54. The van der Waals surface area contributed by atoms with Crippen molar-refractivity contribution in [2.24, 2.45) is 11.7 Å². The molecule has 23 heavy (non-hydrogen) atoms. The molecular weight excluding hydrogens is 292 g/mol. The van der Waals surface area contributed by atoms with Gasteiger partial charge in [0.25, 0.3) is 5.91 Å². The van der Waals surface area contributed by atoms with Crippen LogP contribution in [0.5, 0.6) is 5.75 Å². The van der Waals surface area contributed by atoms with E-state index in [0.29, 0.717) is 31.2 Å². The lowest BCUT2D eigenvalue weighted by Gasteiger charge is -2.30. The summed E-state index contributed by atoms with van der Waals surface area (Å²) in [5.41, 5.74) is 6.51. The van der Waals surface area contributed by atoms with Gasteiger partial charge in [0.1, 0.15) is 12.4 Å². The third kappa shape index (κ3) is 5.52. The number of amides is 1. The van der Waals surface area contributed by atoms with Crippen LogP contribution in [0.4, 0.5) is 0 Å². The van der Waals surface area contributed by atoms with E-state index in [0.717, 1.165) is 18.6 Å². The molecule has 1 fully saturated rings. The Morgan fingerprint density at radius 2 is 1.91 bits per heavy atom. The summed E-state index contributed by atoms with van der Waals surface area (Å²) < 4.78 is 10.4. The largest absolute Gasteiger partial charge is 0.491 e. The summed E-state index contributed by atoms with van der Waals surface area (Å²) in [5, 5.41) is 3.10. The molecule has 5 nitrogen and oxygen atoms in total. The molecule has 0 aliphatic heterocycles. The van der Waals surface area contributed by atoms with Crippen molar-refractivity contribution in [2.45, 2.75) is 38.1 Å². The Morgan fingerprint density at radius 3 is 2.52 bits per heavy atom. The first-order valence-corrected chi connectivity index (χ1v) is 8.47. The quantitative estimate of drug-likeness (QED) is 0.721. The minimum absolute atomic E-state index is 0.0607. The summed E-state index contributed by atoms with van der Waals surface area (Å²) in [5.74, 6) is 1.19. The van der Waals surface area contributed by atoms with Gasteiger partial charge in [-0.1, -0.05) is 19.3 Å². The lowest BCUT2D eigenvalue weighted by atomic mass is 9.84. The molecule has 2 rings (SSSR count). The smallest absolute Gasteiger partial charge is 0.251 e. The minimum Gasteiger partial charge on any atom is -0.491 e. The van der Waals surface area contributed by atoms with E-state index >= 15 is 0 Å². The molecule has 0 heterocycles. The van der Waals surface area contributed by atoms with Crippen LogP contribution in [0.3, 0.4) is 0 Å². The Morgan fingerprint density at radius 1 is 1.22 bits per heavy atom. The van der Waals surface area contributed by atoms with Gasteiger partial charge in [0.15, 0.2) is 0 Å². The van der Waals surface area contributed by atoms with Gasteiger partial charge in [0, 0.05) is 25.3 Å². The number of carbonyl (C=O) groups excluding carboxylic acids is 1. The number of nitrogens with one attached hydrogen (secondary N) is 1. The molecule has 3 N–H and O–H groups in total. The van der Waals surface area contributed by atoms with Gasteiger partial charge in [-0.05, 0) is 43.0 Å². The van der Waals surface area contributed by atoms with Crippen LogP contribution in [0.2, 0.25) is 0 Å².